The number of ether oxygens (including phenoxy) is 1. The summed E-state index contributed by atoms with van der Waals surface area (Å²) in [4.78, 5) is 4.23. The van der Waals surface area contributed by atoms with Gasteiger partial charge in [-0.3, -0.25) is 0 Å². The number of rotatable bonds is 8. The van der Waals surface area contributed by atoms with Crippen LogP contribution in [0.5, 0.6) is 5.75 Å². The molecule has 8 heteroatoms. The molecule has 0 saturated heterocycles. The fourth-order valence-electron chi connectivity index (χ4n) is 2.39. The molecule has 0 fully saturated rings. The second kappa shape index (κ2) is 8.15. The third-order valence-corrected chi connectivity index (χ3v) is 4.65. The van der Waals surface area contributed by atoms with Crippen molar-refractivity contribution >= 4 is 11.8 Å². The number of hydrogen-bond donors (Lipinski definition) is 0. The van der Waals surface area contributed by atoms with Gasteiger partial charge in [-0.25, -0.2) is 0 Å². The van der Waals surface area contributed by atoms with Gasteiger partial charge < -0.3 is 13.8 Å². The average molecular weight is 359 g/mol. The molecule has 0 spiro atoms. The largest absolute Gasteiger partial charge is 0.497 e. The predicted octanol–water partition coefficient (Wildman–Crippen LogP) is 3.74. The van der Waals surface area contributed by atoms with Gasteiger partial charge in [-0.1, -0.05) is 30.3 Å². The van der Waals surface area contributed by atoms with Gasteiger partial charge in [0.15, 0.2) is 16.8 Å². The maximum Gasteiger partial charge on any atom is 0.237 e. The van der Waals surface area contributed by atoms with Crippen molar-refractivity contribution < 1.29 is 9.26 Å². The quantitative estimate of drug-likeness (QED) is 0.567. The molecule has 0 saturated carbocycles. The fraction of sp³-hybridized carbons (Fsp3) is 0.412. The topological polar surface area (TPSA) is 78.9 Å². The highest BCUT2D eigenvalue weighted by atomic mass is 32.2. The third-order valence-electron chi connectivity index (χ3n) is 3.69. The number of hydrogen-bond acceptors (Lipinski definition) is 7. The van der Waals surface area contributed by atoms with E-state index in [4.69, 9.17) is 9.26 Å². The van der Waals surface area contributed by atoms with E-state index >= 15 is 0 Å². The summed E-state index contributed by atoms with van der Waals surface area (Å²) in [6, 6.07) is 7.87. The molecule has 2 heterocycles. The van der Waals surface area contributed by atoms with E-state index in [-0.39, 0.29) is 0 Å². The molecule has 0 aliphatic rings. The van der Waals surface area contributed by atoms with E-state index in [2.05, 4.69) is 31.8 Å². The van der Waals surface area contributed by atoms with Crippen molar-refractivity contribution in [2.45, 2.75) is 44.1 Å². The smallest absolute Gasteiger partial charge is 0.237 e. The Hall–Kier alpha value is -2.35. The number of methoxy groups -OCH3 is 1. The predicted molar refractivity (Wildman–Crippen MR) is 95.5 cm³/mol. The normalized spacial score (nSPS) is 11.0. The Kier molecular flexibility index (Phi) is 5.70. The molecule has 0 atom stereocenters. The molecule has 0 amide bonds. The highest BCUT2D eigenvalue weighted by Gasteiger charge is 2.15. The van der Waals surface area contributed by atoms with Gasteiger partial charge in [0.25, 0.3) is 0 Å². The SMILES string of the molecule is CCCCn1c(SCc2nc(C)no2)nnc1-c1ccc(OC)cc1. The Morgan fingerprint density at radius 3 is 2.64 bits per heavy atom. The second-order valence-electron chi connectivity index (χ2n) is 5.56. The number of aromatic nitrogens is 5. The van der Waals surface area contributed by atoms with E-state index in [0.29, 0.717) is 17.5 Å². The standard InChI is InChI=1S/C17H21N5O2S/c1-4-5-10-22-16(13-6-8-14(23-3)9-7-13)19-20-17(22)25-11-15-18-12(2)21-24-15/h6-9H,4-5,10-11H2,1-3H3. The van der Waals surface area contributed by atoms with E-state index in [1.54, 1.807) is 18.9 Å². The summed E-state index contributed by atoms with van der Waals surface area (Å²) in [5.41, 5.74) is 1.02. The van der Waals surface area contributed by atoms with Crippen LogP contribution in [0.3, 0.4) is 0 Å². The lowest BCUT2D eigenvalue weighted by Crippen LogP contribution is -2.02. The second-order valence-corrected chi connectivity index (χ2v) is 6.51. The van der Waals surface area contributed by atoms with Gasteiger partial charge in [0.05, 0.1) is 12.9 Å². The molecule has 132 valence electrons. The van der Waals surface area contributed by atoms with Crippen LogP contribution in [0, 0.1) is 6.92 Å². The van der Waals surface area contributed by atoms with Crippen molar-refractivity contribution in [2.75, 3.05) is 7.11 Å². The number of benzene rings is 1. The minimum atomic E-state index is 0.577. The molecule has 7 nitrogen and oxygen atoms in total. The molecule has 0 N–H and O–H groups in total. The number of thioether (sulfide) groups is 1. The molecule has 25 heavy (non-hydrogen) atoms. The molecular formula is C17H21N5O2S. The Bertz CT molecular complexity index is 813. The van der Waals surface area contributed by atoms with Gasteiger partial charge in [-0.05, 0) is 37.6 Å². The Morgan fingerprint density at radius 2 is 2.00 bits per heavy atom. The first-order valence-corrected chi connectivity index (χ1v) is 9.19. The van der Waals surface area contributed by atoms with Crippen LogP contribution in [0.25, 0.3) is 11.4 Å². The summed E-state index contributed by atoms with van der Waals surface area (Å²) in [5.74, 6) is 3.50. The lowest BCUT2D eigenvalue weighted by Gasteiger charge is -2.09. The molecule has 0 radical (unpaired) electrons. The number of unbranched alkanes of at least 4 members (excludes halogenated alkanes) is 1. The molecule has 3 rings (SSSR count). The monoisotopic (exact) mass is 359 g/mol. The molecule has 0 unspecified atom stereocenters. The lowest BCUT2D eigenvalue weighted by atomic mass is 10.2. The van der Waals surface area contributed by atoms with Crippen LogP contribution in [0.2, 0.25) is 0 Å². The van der Waals surface area contributed by atoms with Crippen LogP contribution >= 0.6 is 11.8 Å². The van der Waals surface area contributed by atoms with Crippen molar-refractivity contribution in [3.63, 3.8) is 0 Å². The van der Waals surface area contributed by atoms with Crippen molar-refractivity contribution in [3.05, 3.63) is 36.0 Å². The van der Waals surface area contributed by atoms with Gasteiger partial charge in [-0.2, -0.15) is 4.98 Å². The fourth-order valence-corrected chi connectivity index (χ4v) is 3.19. The van der Waals surface area contributed by atoms with Gasteiger partial charge in [-0.15, -0.1) is 10.2 Å². The van der Waals surface area contributed by atoms with Crippen LogP contribution in [-0.4, -0.2) is 32.0 Å². The highest BCUT2D eigenvalue weighted by molar-refractivity contribution is 7.98. The van der Waals surface area contributed by atoms with Crippen molar-refractivity contribution in [2.24, 2.45) is 0 Å². The molecule has 1 aromatic carbocycles. The summed E-state index contributed by atoms with van der Waals surface area (Å²) < 4.78 is 12.5. The summed E-state index contributed by atoms with van der Waals surface area (Å²) >= 11 is 1.56. The summed E-state index contributed by atoms with van der Waals surface area (Å²) in [6.07, 6.45) is 2.17. The lowest BCUT2D eigenvalue weighted by molar-refractivity contribution is 0.387. The van der Waals surface area contributed by atoms with Crippen LogP contribution in [0.15, 0.2) is 33.9 Å². The minimum absolute atomic E-state index is 0.577. The average Bonchev–Trinajstić information content (AvgIpc) is 3.24. The summed E-state index contributed by atoms with van der Waals surface area (Å²) in [7, 11) is 1.66. The first kappa shape index (κ1) is 17.5. The van der Waals surface area contributed by atoms with Crippen LogP contribution < -0.4 is 4.74 Å². The number of nitrogens with zero attached hydrogens (tertiary/aromatic N) is 5. The van der Waals surface area contributed by atoms with E-state index in [9.17, 15) is 0 Å². The zero-order valence-corrected chi connectivity index (χ0v) is 15.4. The van der Waals surface area contributed by atoms with E-state index in [0.717, 1.165) is 41.7 Å². The van der Waals surface area contributed by atoms with Crippen molar-refractivity contribution in [1.82, 2.24) is 24.9 Å². The van der Waals surface area contributed by atoms with Crippen molar-refractivity contribution in [1.29, 1.82) is 0 Å². The summed E-state index contributed by atoms with van der Waals surface area (Å²) in [5, 5.41) is 13.4. The summed E-state index contributed by atoms with van der Waals surface area (Å²) in [6.45, 7) is 4.85. The molecular weight excluding hydrogens is 338 g/mol. The van der Waals surface area contributed by atoms with Gasteiger partial charge in [0, 0.05) is 12.1 Å². The Morgan fingerprint density at radius 1 is 1.20 bits per heavy atom. The van der Waals surface area contributed by atoms with Crippen LogP contribution in [0.1, 0.15) is 31.5 Å². The minimum Gasteiger partial charge on any atom is -0.497 e. The van der Waals surface area contributed by atoms with Crippen LogP contribution in [-0.2, 0) is 12.3 Å². The van der Waals surface area contributed by atoms with Crippen molar-refractivity contribution in [3.8, 4) is 17.1 Å². The zero-order valence-electron chi connectivity index (χ0n) is 14.6. The Labute approximate surface area is 150 Å². The molecule has 2 aromatic heterocycles. The highest BCUT2D eigenvalue weighted by Crippen LogP contribution is 2.27. The maximum atomic E-state index is 5.22. The molecule has 0 aliphatic heterocycles. The van der Waals surface area contributed by atoms with E-state index in [1.165, 1.54) is 0 Å². The molecule has 0 bridgehead atoms. The zero-order chi connectivity index (χ0) is 17.6. The van der Waals surface area contributed by atoms with Gasteiger partial charge >= 0.3 is 0 Å². The maximum absolute atomic E-state index is 5.22. The van der Waals surface area contributed by atoms with Gasteiger partial charge in [0.2, 0.25) is 5.89 Å². The first-order chi connectivity index (χ1) is 12.2. The molecule has 3 aromatic rings. The van der Waals surface area contributed by atoms with E-state index in [1.807, 2.05) is 31.2 Å². The first-order valence-electron chi connectivity index (χ1n) is 8.21. The Balaban J connectivity index is 1.83. The van der Waals surface area contributed by atoms with Crippen LogP contribution in [0.4, 0.5) is 0 Å². The van der Waals surface area contributed by atoms with Gasteiger partial charge in [0.1, 0.15) is 5.75 Å². The molecule has 0 aliphatic carbocycles. The number of aryl methyl sites for hydroxylation is 1. The third kappa shape index (κ3) is 4.19. The van der Waals surface area contributed by atoms with E-state index < -0.39 is 0 Å².